The minimum atomic E-state index is -4.87. The van der Waals surface area contributed by atoms with Gasteiger partial charge in [-0.1, -0.05) is 48.5 Å². The number of piperidine rings is 1. The first kappa shape index (κ1) is 31.4. The molecule has 0 unspecified atom stereocenters. The smallest absolute Gasteiger partial charge is 0.364 e. The van der Waals surface area contributed by atoms with Crippen LogP contribution in [0, 0.1) is 17.1 Å². The molecule has 3 heterocycles. The molecule has 46 heavy (non-hydrogen) atoms. The Bertz CT molecular complexity index is 1920. The second-order valence-corrected chi connectivity index (χ2v) is 11.8. The molecule has 0 bridgehead atoms. The fourth-order valence-electron chi connectivity index (χ4n) is 6.56. The topological polar surface area (TPSA) is 106 Å². The normalized spacial score (nSPS) is 16.7. The number of benzene rings is 3. The molecule has 2 aliphatic rings. The molecule has 3 aromatic carbocycles. The molecule has 0 amide bonds. The van der Waals surface area contributed by atoms with E-state index in [1.165, 1.54) is 0 Å². The third-order valence-electron chi connectivity index (χ3n) is 8.95. The zero-order chi connectivity index (χ0) is 32.6. The molecule has 0 aliphatic carbocycles. The lowest BCUT2D eigenvalue weighted by atomic mass is 9.85. The minimum Gasteiger partial charge on any atom is -0.364 e. The Morgan fingerprint density at radius 1 is 0.957 bits per heavy atom. The predicted octanol–water partition coefficient (Wildman–Crippen LogP) is 4.81. The van der Waals surface area contributed by atoms with Crippen molar-refractivity contribution in [3.05, 3.63) is 139 Å². The zero-order valence-corrected chi connectivity index (χ0v) is 24.8. The van der Waals surface area contributed by atoms with E-state index in [2.05, 4.69) is 11.0 Å². The number of hydrogen-bond acceptors (Lipinski definition) is 6. The van der Waals surface area contributed by atoms with Gasteiger partial charge in [0, 0.05) is 31.2 Å². The Hall–Kier alpha value is -4.57. The maximum Gasteiger partial charge on any atom is 0.416 e. The van der Waals surface area contributed by atoms with Crippen LogP contribution in [0.4, 0.5) is 17.6 Å². The van der Waals surface area contributed by atoms with E-state index in [0.29, 0.717) is 43.6 Å². The molecule has 1 aromatic heterocycles. The van der Waals surface area contributed by atoms with Crippen LogP contribution in [0.2, 0.25) is 0 Å². The highest BCUT2D eigenvalue weighted by molar-refractivity contribution is 5.36. The van der Waals surface area contributed by atoms with E-state index in [-0.39, 0.29) is 24.4 Å². The van der Waals surface area contributed by atoms with Gasteiger partial charge in [-0.25, -0.2) is 9.18 Å². The molecule has 6 rings (SSSR count). The summed E-state index contributed by atoms with van der Waals surface area (Å²) in [6.45, 7) is 0.431. The average Bonchev–Trinajstić information content (AvgIpc) is 3.41. The molecule has 1 saturated heterocycles. The van der Waals surface area contributed by atoms with E-state index < -0.39 is 52.6 Å². The number of rotatable bonds is 7. The van der Waals surface area contributed by atoms with Gasteiger partial charge in [0.05, 0.1) is 48.1 Å². The molecule has 0 radical (unpaired) electrons. The first-order valence-corrected chi connectivity index (χ1v) is 14.9. The summed E-state index contributed by atoms with van der Waals surface area (Å²) in [5.74, 6) is -1.11. The molecule has 12 heteroatoms. The van der Waals surface area contributed by atoms with Gasteiger partial charge in [-0.3, -0.25) is 18.8 Å². The van der Waals surface area contributed by atoms with Crippen molar-refractivity contribution in [2.45, 2.75) is 56.9 Å². The number of nitrogens with two attached hydrogens (primary N) is 1. The Balaban J connectivity index is 1.41. The predicted molar refractivity (Wildman–Crippen MR) is 161 cm³/mol. The van der Waals surface area contributed by atoms with Gasteiger partial charge in [0.2, 0.25) is 0 Å². The number of alkyl halides is 3. The van der Waals surface area contributed by atoms with Crippen molar-refractivity contribution in [3.63, 3.8) is 0 Å². The van der Waals surface area contributed by atoms with Crippen molar-refractivity contribution in [2.75, 3.05) is 13.1 Å². The Kier molecular flexibility index (Phi) is 8.41. The highest BCUT2D eigenvalue weighted by Gasteiger charge is 2.47. The Labute approximate surface area is 261 Å². The van der Waals surface area contributed by atoms with Gasteiger partial charge in [0.1, 0.15) is 11.4 Å². The first-order chi connectivity index (χ1) is 22.0. The van der Waals surface area contributed by atoms with Crippen LogP contribution in [0.15, 0.2) is 82.4 Å². The van der Waals surface area contributed by atoms with Gasteiger partial charge >= 0.3 is 11.9 Å². The second kappa shape index (κ2) is 12.3. The zero-order valence-electron chi connectivity index (χ0n) is 24.8. The number of fused-ring (bicyclic) bond motifs is 2. The minimum absolute atomic E-state index is 0.145. The number of aromatic nitrogens is 2. The third-order valence-corrected chi connectivity index (χ3v) is 8.95. The molecule has 238 valence electrons. The largest absolute Gasteiger partial charge is 0.416 e. The Morgan fingerprint density at radius 2 is 1.67 bits per heavy atom. The number of nitriles is 1. The van der Waals surface area contributed by atoms with E-state index in [4.69, 9.17) is 10.5 Å². The molecule has 1 fully saturated rings. The highest BCUT2D eigenvalue weighted by atomic mass is 19.4. The molecule has 4 aromatic rings. The van der Waals surface area contributed by atoms with Crippen molar-refractivity contribution in [1.29, 1.82) is 5.26 Å². The Morgan fingerprint density at radius 3 is 2.37 bits per heavy atom. The molecule has 1 spiro atoms. The molecule has 1 atom stereocenters. The van der Waals surface area contributed by atoms with Crippen LogP contribution in [0.25, 0.3) is 0 Å². The summed E-state index contributed by atoms with van der Waals surface area (Å²) < 4.78 is 65.2. The maximum absolute atomic E-state index is 15.0. The van der Waals surface area contributed by atoms with Gasteiger partial charge in [0.15, 0.2) is 0 Å². The van der Waals surface area contributed by atoms with E-state index in [9.17, 15) is 28.0 Å². The number of likely N-dealkylation sites (tertiary alicyclic amines) is 1. The average molecular weight is 634 g/mol. The van der Waals surface area contributed by atoms with Crippen LogP contribution in [-0.4, -0.2) is 27.1 Å². The van der Waals surface area contributed by atoms with E-state index >= 15 is 4.39 Å². The standard InChI is InChI=1S/C34H31F4N5O3/c35-27-11-5-10-26(34(36,37)38)25(27)19-42-29-21-46-33(12-14-41(15-13-33)18-23-7-4-6-22(16-23)17-39)30(29)31(44)43(32(42)45)20-28(40)24-8-2-1-3-9-24/h1-11,16,28H,12-15,18-21,40H2/t28-/m0/s1. The summed E-state index contributed by atoms with van der Waals surface area (Å²) in [4.78, 5) is 30.3. The highest BCUT2D eigenvalue weighted by Crippen LogP contribution is 2.43. The summed E-state index contributed by atoms with van der Waals surface area (Å²) in [7, 11) is 0. The third kappa shape index (κ3) is 5.89. The van der Waals surface area contributed by atoms with Crippen LogP contribution >= 0.6 is 0 Å². The van der Waals surface area contributed by atoms with Crippen LogP contribution in [0.3, 0.4) is 0 Å². The lowest BCUT2D eigenvalue weighted by molar-refractivity contribution is -0.138. The summed E-state index contributed by atoms with van der Waals surface area (Å²) in [5, 5.41) is 9.25. The number of nitrogens with zero attached hydrogens (tertiary/aromatic N) is 4. The molecule has 8 nitrogen and oxygen atoms in total. The first-order valence-electron chi connectivity index (χ1n) is 14.9. The molecule has 2 N–H and O–H groups in total. The SMILES string of the molecule is N#Cc1cccc(CN2CCC3(CC2)OCc2c3c(=O)n(C[C@H](N)c3ccccc3)c(=O)n2Cc2c(F)cccc2C(F)(F)F)c1. The maximum atomic E-state index is 15.0. The van der Waals surface area contributed by atoms with Gasteiger partial charge in [0.25, 0.3) is 5.56 Å². The fourth-order valence-corrected chi connectivity index (χ4v) is 6.56. The molecule has 0 saturated carbocycles. The second-order valence-electron chi connectivity index (χ2n) is 11.8. The summed E-state index contributed by atoms with van der Waals surface area (Å²) in [6, 6.07) is 20.1. The molecule has 2 aliphatic heterocycles. The monoisotopic (exact) mass is 633 g/mol. The van der Waals surface area contributed by atoms with Crippen molar-refractivity contribution < 1.29 is 22.3 Å². The van der Waals surface area contributed by atoms with Gasteiger partial charge in [-0.2, -0.15) is 18.4 Å². The van der Waals surface area contributed by atoms with Crippen LogP contribution in [-0.2, 0) is 42.8 Å². The molecular formula is C34H31F4N5O3. The summed E-state index contributed by atoms with van der Waals surface area (Å²) in [5.41, 5.74) is 4.45. The van der Waals surface area contributed by atoms with E-state index in [1.807, 2.05) is 18.2 Å². The van der Waals surface area contributed by atoms with Crippen LogP contribution in [0.5, 0.6) is 0 Å². The fraction of sp³-hybridized carbons (Fsp3) is 0.324. The van der Waals surface area contributed by atoms with Gasteiger partial charge in [-0.15, -0.1) is 0 Å². The van der Waals surface area contributed by atoms with Crippen LogP contribution < -0.4 is 17.0 Å². The summed E-state index contributed by atoms with van der Waals surface area (Å²) >= 11 is 0. The van der Waals surface area contributed by atoms with Crippen LogP contribution in [0.1, 0.15) is 58.0 Å². The quantitative estimate of drug-likeness (QED) is 0.293. The van der Waals surface area contributed by atoms with Crippen molar-refractivity contribution in [2.24, 2.45) is 5.73 Å². The lowest BCUT2D eigenvalue weighted by Gasteiger charge is -2.39. The van der Waals surface area contributed by atoms with Gasteiger partial charge < -0.3 is 10.5 Å². The summed E-state index contributed by atoms with van der Waals surface area (Å²) in [6.07, 6.45) is -4.11. The number of halogens is 4. The van der Waals surface area contributed by atoms with E-state index in [1.54, 1.807) is 36.4 Å². The number of hydrogen-bond donors (Lipinski definition) is 1. The van der Waals surface area contributed by atoms with Crippen molar-refractivity contribution in [1.82, 2.24) is 14.0 Å². The van der Waals surface area contributed by atoms with Crippen molar-refractivity contribution in [3.8, 4) is 6.07 Å². The molecular weight excluding hydrogens is 602 g/mol. The number of ether oxygens (including phenoxy) is 1. The van der Waals surface area contributed by atoms with Crippen molar-refractivity contribution >= 4 is 0 Å². The van der Waals surface area contributed by atoms with Gasteiger partial charge in [-0.05, 0) is 48.2 Å². The van der Waals surface area contributed by atoms with E-state index in [0.717, 1.165) is 32.9 Å². The lowest BCUT2D eigenvalue weighted by Crippen LogP contribution is -2.49.